The standard InChI is InChI=1S/C33H42F2N4O4S2/c1-3-43-28-9-10-29(32(35)31(28)34)45(41,42)30-22-36-27-8-7-25(44(2)40)21-26(27)33(30)39-19-13-24(14-20-39)38-17-11-23(12-18-38)37-15-5-4-6-16-37/h7-10,21-24H,3-6,11-20H2,1-2H3. The van der Waals surface area contributed by atoms with Gasteiger partial charge in [-0.15, -0.1) is 0 Å². The molecule has 0 bridgehead atoms. The minimum atomic E-state index is -4.54. The van der Waals surface area contributed by atoms with Crippen LogP contribution in [0.1, 0.15) is 51.9 Å². The Morgan fingerprint density at radius 2 is 1.53 bits per heavy atom. The first-order valence-corrected chi connectivity index (χ1v) is 19.1. The quantitative estimate of drug-likeness (QED) is 0.297. The van der Waals surface area contributed by atoms with Gasteiger partial charge in [-0.2, -0.15) is 4.39 Å². The highest BCUT2D eigenvalue weighted by Gasteiger charge is 2.35. The maximum absolute atomic E-state index is 15.3. The van der Waals surface area contributed by atoms with Gasteiger partial charge in [0.1, 0.15) is 16.0 Å². The van der Waals surface area contributed by atoms with E-state index >= 15 is 4.39 Å². The average molecular weight is 661 g/mol. The van der Waals surface area contributed by atoms with Crippen LogP contribution < -0.4 is 9.64 Å². The first kappa shape index (κ1) is 32.4. The summed E-state index contributed by atoms with van der Waals surface area (Å²) >= 11 is -1.32. The van der Waals surface area contributed by atoms with E-state index < -0.39 is 37.5 Å². The number of rotatable bonds is 8. The van der Waals surface area contributed by atoms with Crippen molar-refractivity contribution in [2.75, 3.05) is 57.0 Å². The second-order valence-electron chi connectivity index (χ2n) is 12.3. The molecule has 1 atom stereocenters. The van der Waals surface area contributed by atoms with Crippen LogP contribution >= 0.6 is 0 Å². The molecule has 3 aromatic rings. The molecular weight excluding hydrogens is 619 g/mol. The van der Waals surface area contributed by atoms with Crippen LogP contribution in [0.4, 0.5) is 14.5 Å². The molecule has 244 valence electrons. The van der Waals surface area contributed by atoms with Crippen LogP contribution in [0.2, 0.25) is 0 Å². The third kappa shape index (κ3) is 6.54. The maximum atomic E-state index is 15.3. The minimum absolute atomic E-state index is 0.106. The number of halogens is 2. The smallest absolute Gasteiger partial charge is 0.213 e. The number of hydrogen-bond acceptors (Lipinski definition) is 8. The number of fused-ring (bicyclic) bond motifs is 1. The molecule has 0 N–H and O–H groups in total. The molecule has 6 rings (SSSR count). The number of ether oxygens (including phenoxy) is 1. The number of likely N-dealkylation sites (tertiary alicyclic amines) is 2. The van der Waals surface area contributed by atoms with Crippen molar-refractivity contribution < 1.29 is 26.5 Å². The first-order chi connectivity index (χ1) is 21.7. The van der Waals surface area contributed by atoms with E-state index in [0.717, 1.165) is 38.1 Å². The fourth-order valence-electron chi connectivity index (χ4n) is 7.30. The summed E-state index contributed by atoms with van der Waals surface area (Å²) in [6.07, 6.45) is 10.8. The molecule has 3 saturated heterocycles. The Bertz CT molecular complexity index is 1620. The summed E-state index contributed by atoms with van der Waals surface area (Å²) in [6, 6.07) is 8.40. The van der Waals surface area contributed by atoms with E-state index in [1.54, 1.807) is 31.4 Å². The predicted octanol–water partition coefficient (Wildman–Crippen LogP) is 5.40. The molecule has 12 heteroatoms. The van der Waals surface area contributed by atoms with Crippen molar-refractivity contribution in [2.45, 2.75) is 78.6 Å². The molecule has 1 aromatic heterocycles. The number of piperidine rings is 3. The summed E-state index contributed by atoms with van der Waals surface area (Å²) < 4.78 is 75.9. The molecule has 4 heterocycles. The molecule has 1 unspecified atom stereocenters. The van der Waals surface area contributed by atoms with Crippen molar-refractivity contribution in [3.05, 3.63) is 48.2 Å². The highest BCUT2D eigenvalue weighted by atomic mass is 32.2. The molecule has 0 radical (unpaired) electrons. The van der Waals surface area contributed by atoms with Gasteiger partial charge in [0.25, 0.3) is 0 Å². The van der Waals surface area contributed by atoms with Gasteiger partial charge in [-0.05, 0) is 107 Å². The normalized spacial score (nSPS) is 20.5. The van der Waals surface area contributed by atoms with Crippen molar-refractivity contribution in [2.24, 2.45) is 0 Å². The maximum Gasteiger partial charge on any atom is 0.213 e. The monoisotopic (exact) mass is 660 g/mol. The lowest BCUT2D eigenvalue weighted by Crippen LogP contribution is -2.52. The second-order valence-corrected chi connectivity index (χ2v) is 15.6. The molecule has 3 fully saturated rings. The van der Waals surface area contributed by atoms with Gasteiger partial charge < -0.3 is 24.0 Å². The Balaban J connectivity index is 1.29. The molecule has 0 spiro atoms. The zero-order valence-corrected chi connectivity index (χ0v) is 27.6. The van der Waals surface area contributed by atoms with E-state index in [-0.39, 0.29) is 17.3 Å². The zero-order valence-electron chi connectivity index (χ0n) is 26.0. The van der Waals surface area contributed by atoms with E-state index in [1.165, 1.54) is 51.4 Å². The fraction of sp³-hybridized carbons (Fsp3) is 0.545. The molecule has 45 heavy (non-hydrogen) atoms. The Morgan fingerprint density at radius 3 is 2.18 bits per heavy atom. The van der Waals surface area contributed by atoms with E-state index in [9.17, 15) is 17.4 Å². The Morgan fingerprint density at radius 1 is 0.889 bits per heavy atom. The molecule has 0 saturated carbocycles. The summed E-state index contributed by atoms with van der Waals surface area (Å²) in [7, 11) is -4.54. The number of sulfone groups is 1. The summed E-state index contributed by atoms with van der Waals surface area (Å²) in [5, 5.41) is 0.524. The van der Waals surface area contributed by atoms with Crippen LogP contribution in [-0.2, 0) is 21.0 Å². The predicted molar refractivity (Wildman–Crippen MR) is 172 cm³/mol. The van der Waals surface area contributed by atoms with Crippen LogP contribution in [0.3, 0.4) is 0 Å². The molecule has 2 aromatic carbocycles. The summed E-state index contributed by atoms with van der Waals surface area (Å²) in [4.78, 5) is 11.3. The van der Waals surface area contributed by atoms with Crippen molar-refractivity contribution in [3.63, 3.8) is 0 Å². The summed E-state index contributed by atoms with van der Waals surface area (Å²) in [5.74, 6) is -3.17. The van der Waals surface area contributed by atoms with Gasteiger partial charge >= 0.3 is 0 Å². The minimum Gasteiger partial charge on any atom is -0.612 e. The van der Waals surface area contributed by atoms with Crippen LogP contribution in [0.25, 0.3) is 10.9 Å². The lowest BCUT2D eigenvalue weighted by molar-refractivity contribution is 0.0654. The van der Waals surface area contributed by atoms with Crippen molar-refractivity contribution in [1.82, 2.24) is 14.8 Å². The van der Waals surface area contributed by atoms with Crippen molar-refractivity contribution in [1.29, 1.82) is 0 Å². The topological polar surface area (TPSA) is 89.0 Å². The molecule has 0 aliphatic carbocycles. The summed E-state index contributed by atoms with van der Waals surface area (Å²) in [6.45, 7) is 7.50. The van der Waals surface area contributed by atoms with Crippen molar-refractivity contribution >= 4 is 37.6 Å². The SMILES string of the molecule is CCOc1ccc(S(=O)(=O)c2cnc3ccc([S+](C)[O-])cc3c2N2CCC(N3CCC(N4CCCCC4)CC3)CC2)c(F)c1F. The zero-order chi connectivity index (χ0) is 31.7. The Kier molecular flexibility index (Phi) is 9.87. The van der Waals surface area contributed by atoms with Gasteiger partial charge in [0.05, 0.1) is 17.8 Å². The molecule has 0 amide bonds. The van der Waals surface area contributed by atoms with Gasteiger partial charge in [-0.25, -0.2) is 12.8 Å². The number of pyridine rings is 1. The molecule has 8 nitrogen and oxygen atoms in total. The lowest BCUT2D eigenvalue weighted by Gasteiger charge is -2.45. The van der Waals surface area contributed by atoms with E-state index in [4.69, 9.17) is 4.74 Å². The third-order valence-corrected chi connectivity index (χ3v) is 12.4. The second kappa shape index (κ2) is 13.7. The van der Waals surface area contributed by atoms with Gasteiger partial charge in [0, 0.05) is 42.8 Å². The van der Waals surface area contributed by atoms with Crippen LogP contribution in [0, 0.1) is 11.6 Å². The number of benzene rings is 2. The van der Waals surface area contributed by atoms with E-state index in [0.29, 0.717) is 46.7 Å². The van der Waals surface area contributed by atoms with Crippen LogP contribution in [0.15, 0.2) is 51.2 Å². The van der Waals surface area contributed by atoms with Crippen molar-refractivity contribution in [3.8, 4) is 5.75 Å². The summed E-state index contributed by atoms with van der Waals surface area (Å²) in [5.41, 5.74) is 0.932. The molecular formula is C33H42F2N4O4S2. The first-order valence-electron chi connectivity index (χ1n) is 16.0. The van der Waals surface area contributed by atoms with Gasteiger partial charge in [0.15, 0.2) is 16.5 Å². The highest BCUT2D eigenvalue weighted by molar-refractivity contribution is 7.91. The van der Waals surface area contributed by atoms with Crippen LogP contribution in [-0.4, -0.2) is 92.0 Å². The number of anilines is 1. The van der Waals surface area contributed by atoms with Gasteiger partial charge in [0.2, 0.25) is 15.7 Å². The average Bonchev–Trinajstić information content (AvgIpc) is 3.06. The Labute approximate surface area is 267 Å². The Hall–Kier alpha value is -2.51. The largest absolute Gasteiger partial charge is 0.612 e. The van der Waals surface area contributed by atoms with Gasteiger partial charge in [-0.3, -0.25) is 4.98 Å². The fourth-order valence-corrected chi connectivity index (χ4v) is 9.34. The highest BCUT2D eigenvalue weighted by Crippen LogP contribution is 2.40. The molecule has 3 aliphatic heterocycles. The van der Waals surface area contributed by atoms with E-state index in [1.807, 2.05) is 4.90 Å². The molecule has 3 aliphatic rings. The number of nitrogens with zero attached hydrogens (tertiary/aromatic N) is 4. The lowest BCUT2D eigenvalue weighted by atomic mass is 9.95. The van der Waals surface area contributed by atoms with Crippen LogP contribution in [0.5, 0.6) is 5.75 Å². The van der Waals surface area contributed by atoms with E-state index in [2.05, 4.69) is 14.8 Å². The van der Waals surface area contributed by atoms with Gasteiger partial charge in [-0.1, -0.05) is 6.42 Å². The number of hydrogen-bond donors (Lipinski definition) is 0. The third-order valence-electron chi connectivity index (χ3n) is 9.70. The number of aromatic nitrogens is 1.